The molecule has 1 aliphatic heterocycles. The Morgan fingerprint density at radius 3 is 2.62 bits per heavy atom. The normalized spacial score (nSPS) is 18.8. The lowest BCUT2D eigenvalue weighted by Crippen LogP contribution is -2.34. The molecule has 8 nitrogen and oxygen atoms in total. The molecule has 1 aromatic carbocycles. The zero-order valence-corrected chi connectivity index (χ0v) is 15.2. The summed E-state index contributed by atoms with van der Waals surface area (Å²) in [5.74, 6) is -2.04. The molecule has 2 atom stereocenters. The van der Waals surface area contributed by atoms with Crippen LogP contribution in [0.15, 0.2) is 12.1 Å². The molecule has 0 unspecified atom stereocenters. The fourth-order valence-corrected chi connectivity index (χ4v) is 3.21. The molecule has 1 fully saturated rings. The Kier molecular flexibility index (Phi) is 6.27. The first-order valence-corrected chi connectivity index (χ1v) is 9.61. The van der Waals surface area contributed by atoms with E-state index in [1.807, 2.05) is 4.72 Å². The highest BCUT2D eigenvalue weighted by molar-refractivity contribution is 7.93. The summed E-state index contributed by atoms with van der Waals surface area (Å²) in [6.07, 6.45) is -2.26. The van der Waals surface area contributed by atoms with Crippen LogP contribution in [0.3, 0.4) is 0 Å². The van der Waals surface area contributed by atoms with Gasteiger partial charge < -0.3 is 10.4 Å². The number of hydrogen-bond donors (Lipinski definition) is 3. The summed E-state index contributed by atoms with van der Waals surface area (Å²) >= 11 is 11.0. The number of rotatable bonds is 7. The standard InChI is InChI=1S/C13H13Cl2F2N3O5S/c14-5-26(24,25)19-9-3-11(8(17)2-7(9)15)20-12(22)10(18-13(20)23)1-6(16)4-21/h2-3,6,10,19,21H,1,4-5H2,(H,18,23)/t6-,10-/m1/s1. The zero-order chi connectivity index (χ0) is 19.6. The minimum Gasteiger partial charge on any atom is -0.393 e. The number of aliphatic hydroxyl groups excluding tert-OH is 1. The van der Waals surface area contributed by atoms with Crippen molar-refractivity contribution in [1.82, 2.24) is 5.32 Å². The second kappa shape index (κ2) is 7.91. The fraction of sp³-hybridized carbons (Fsp3) is 0.385. The maximum atomic E-state index is 14.2. The van der Waals surface area contributed by atoms with Gasteiger partial charge >= 0.3 is 6.03 Å². The number of halogens is 4. The molecular formula is C13H13Cl2F2N3O5S. The van der Waals surface area contributed by atoms with Gasteiger partial charge in [-0.25, -0.2) is 26.9 Å². The van der Waals surface area contributed by atoms with Crippen LogP contribution >= 0.6 is 23.2 Å². The predicted octanol–water partition coefficient (Wildman–Crippen LogP) is 1.56. The summed E-state index contributed by atoms with van der Waals surface area (Å²) in [5, 5.41) is 9.74. The second-order valence-corrected chi connectivity index (χ2v) is 8.01. The van der Waals surface area contributed by atoms with Crippen LogP contribution in [0.1, 0.15) is 6.42 Å². The van der Waals surface area contributed by atoms with Gasteiger partial charge in [-0.1, -0.05) is 11.6 Å². The minimum absolute atomic E-state index is 0.300. The van der Waals surface area contributed by atoms with E-state index in [-0.39, 0.29) is 10.7 Å². The molecule has 0 spiro atoms. The van der Waals surface area contributed by atoms with Gasteiger partial charge in [-0.3, -0.25) is 9.52 Å². The fourth-order valence-electron chi connectivity index (χ4n) is 2.23. The average molecular weight is 432 g/mol. The van der Waals surface area contributed by atoms with E-state index in [1.54, 1.807) is 0 Å². The Morgan fingerprint density at radius 2 is 2.04 bits per heavy atom. The van der Waals surface area contributed by atoms with E-state index in [0.717, 1.165) is 6.07 Å². The molecule has 1 heterocycles. The van der Waals surface area contributed by atoms with Crippen molar-refractivity contribution < 1.29 is 31.9 Å². The van der Waals surface area contributed by atoms with Gasteiger partial charge in [-0.15, -0.1) is 11.6 Å². The number of carbonyl (C=O) groups is 2. The average Bonchev–Trinajstić information content (AvgIpc) is 2.84. The number of sulfonamides is 1. The lowest BCUT2D eigenvalue weighted by atomic mass is 10.1. The Balaban J connectivity index is 2.38. The molecule has 0 aromatic heterocycles. The van der Waals surface area contributed by atoms with Gasteiger partial charge in [0.15, 0.2) is 0 Å². The Hall–Kier alpha value is -1.69. The van der Waals surface area contributed by atoms with Crippen molar-refractivity contribution in [3.05, 3.63) is 23.0 Å². The van der Waals surface area contributed by atoms with E-state index in [0.29, 0.717) is 11.0 Å². The summed E-state index contributed by atoms with van der Waals surface area (Å²) in [4.78, 5) is 24.7. The van der Waals surface area contributed by atoms with Gasteiger partial charge in [0, 0.05) is 6.42 Å². The van der Waals surface area contributed by atoms with Crippen LogP contribution in [0.4, 0.5) is 25.0 Å². The highest BCUT2D eigenvalue weighted by Gasteiger charge is 2.41. The number of alkyl halides is 2. The first-order chi connectivity index (χ1) is 12.1. The number of carbonyl (C=O) groups excluding carboxylic acids is 2. The second-order valence-electron chi connectivity index (χ2n) is 5.30. The maximum Gasteiger partial charge on any atom is 0.329 e. The van der Waals surface area contributed by atoms with Crippen LogP contribution in [-0.2, 0) is 14.8 Å². The van der Waals surface area contributed by atoms with Crippen LogP contribution in [0, 0.1) is 5.82 Å². The summed E-state index contributed by atoms with van der Waals surface area (Å²) < 4.78 is 52.6. The van der Waals surface area contributed by atoms with Crippen LogP contribution in [0.25, 0.3) is 0 Å². The van der Waals surface area contributed by atoms with E-state index >= 15 is 0 Å². The van der Waals surface area contributed by atoms with Crippen molar-refractivity contribution in [3.63, 3.8) is 0 Å². The molecule has 26 heavy (non-hydrogen) atoms. The summed E-state index contributed by atoms with van der Waals surface area (Å²) in [5.41, 5.74) is -0.877. The molecule has 13 heteroatoms. The number of benzene rings is 1. The van der Waals surface area contributed by atoms with Crippen LogP contribution < -0.4 is 14.9 Å². The highest BCUT2D eigenvalue weighted by atomic mass is 35.5. The molecule has 0 bridgehead atoms. The highest BCUT2D eigenvalue weighted by Crippen LogP contribution is 2.33. The summed E-state index contributed by atoms with van der Waals surface area (Å²) in [6, 6.07) is -0.774. The topological polar surface area (TPSA) is 116 Å². The minimum atomic E-state index is -3.98. The molecular weight excluding hydrogens is 419 g/mol. The summed E-state index contributed by atoms with van der Waals surface area (Å²) in [6.45, 7) is -0.848. The quantitative estimate of drug-likeness (QED) is 0.447. The zero-order valence-electron chi connectivity index (χ0n) is 12.9. The van der Waals surface area contributed by atoms with E-state index in [4.69, 9.17) is 28.3 Å². The first-order valence-electron chi connectivity index (χ1n) is 7.04. The van der Waals surface area contributed by atoms with Crippen LogP contribution in [0.5, 0.6) is 0 Å². The van der Waals surface area contributed by atoms with Gasteiger partial charge in [0.05, 0.1) is 23.0 Å². The summed E-state index contributed by atoms with van der Waals surface area (Å²) in [7, 11) is -3.98. The lowest BCUT2D eigenvalue weighted by molar-refractivity contribution is -0.118. The molecule has 3 N–H and O–H groups in total. The van der Waals surface area contributed by atoms with E-state index in [1.165, 1.54) is 0 Å². The molecule has 3 amide bonds. The Labute approximate surface area is 157 Å². The van der Waals surface area contributed by atoms with E-state index < -0.39 is 63.9 Å². The SMILES string of the molecule is O=C1N[C@H](C[C@@H](F)CO)C(=O)N1c1cc(NS(=O)(=O)CCl)c(Cl)cc1F. The largest absolute Gasteiger partial charge is 0.393 e. The van der Waals surface area contributed by atoms with Crippen molar-refractivity contribution >= 4 is 56.5 Å². The van der Waals surface area contributed by atoms with Gasteiger partial charge in [0.2, 0.25) is 10.0 Å². The number of urea groups is 1. The number of nitrogens with zero attached hydrogens (tertiary/aromatic N) is 1. The van der Waals surface area contributed by atoms with E-state index in [2.05, 4.69) is 5.32 Å². The number of amides is 3. The molecule has 2 rings (SSSR count). The third-order valence-electron chi connectivity index (χ3n) is 3.40. The van der Waals surface area contributed by atoms with Crippen molar-refractivity contribution in [1.29, 1.82) is 0 Å². The van der Waals surface area contributed by atoms with Gasteiger partial charge in [0.1, 0.15) is 23.2 Å². The van der Waals surface area contributed by atoms with Gasteiger partial charge in [0.25, 0.3) is 5.91 Å². The number of imide groups is 1. The third-order valence-corrected chi connectivity index (χ3v) is 5.39. The molecule has 1 aromatic rings. The molecule has 1 aliphatic rings. The van der Waals surface area contributed by atoms with Gasteiger partial charge in [-0.2, -0.15) is 0 Å². The number of hydrogen-bond acceptors (Lipinski definition) is 5. The monoisotopic (exact) mass is 431 g/mol. The molecule has 0 saturated carbocycles. The first kappa shape index (κ1) is 20.6. The van der Waals surface area contributed by atoms with Crippen molar-refractivity contribution in [2.45, 2.75) is 18.6 Å². The van der Waals surface area contributed by atoms with Crippen molar-refractivity contribution in [3.8, 4) is 0 Å². The predicted molar refractivity (Wildman–Crippen MR) is 91.1 cm³/mol. The van der Waals surface area contributed by atoms with Crippen molar-refractivity contribution in [2.75, 3.05) is 21.4 Å². The molecule has 0 radical (unpaired) electrons. The Morgan fingerprint density at radius 1 is 1.38 bits per heavy atom. The molecule has 0 aliphatic carbocycles. The number of aliphatic hydroxyl groups is 1. The molecule has 144 valence electrons. The van der Waals surface area contributed by atoms with Crippen LogP contribution in [-0.4, -0.2) is 49.5 Å². The van der Waals surface area contributed by atoms with Crippen LogP contribution in [0.2, 0.25) is 5.02 Å². The third kappa shape index (κ3) is 4.34. The molecule has 1 saturated heterocycles. The maximum absolute atomic E-state index is 14.2. The Bertz CT molecular complexity index is 839. The number of anilines is 2. The smallest absolute Gasteiger partial charge is 0.329 e. The van der Waals surface area contributed by atoms with Crippen molar-refractivity contribution in [2.24, 2.45) is 0 Å². The van der Waals surface area contributed by atoms with Gasteiger partial charge in [-0.05, 0) is 12.1 Å². The number of nitrogens with one attached hydrogen (secondary N) is 2. The lowest BCUT2D eigenvalue weighted by Gasteiger charge is -2.17. The van der Waals surface area contributed by atoms with E-state index in [9.17, 15) is 26.8 Å².